The van der Waals surface area contributed by atoms with Crippen LogP contribution in [0.5, 0.6) is 0 Å². The highest BCUT2D eigenvalue weighted by molar-refractivity contribution is 5.29. The fraction of sp³-hybridized carbons (Fsp3) is 0. The van der Waals surface area contributed by atoms with Crippen molar-refractivity contribution in [1.29, 1.82) is 0 Å². The number of hydrogen-bond acceptors (Lipinski definition) is 2. The second kappa shape index (κ2) is 4.31. The molecule has 0 saturated carbocycles. The molecule has 0 unspecified atom stereocenters. The number of quaternary nitrogens is 1. The van der Waals surface area contributed by atoms with Gasteiger partial charge in [0.1, 0.15) is 17.9 Å². The van der Waals surface area contributed by atoms with Crippen LogP contribution in [0.25, 0.3) is 0 Å². The van der Waals surface area contributed by atoms with Crippen LogP contribution in [0.2, 0.25) is 0 Å². The molecular weight excluding hydrogens is 134 g/mol. The second-order valence-electron chi connectivity index (χ2n) is 0.480. The number of carbonyl (C=O) groups excluding carboxylic acids is 1. The molecule has 0 aromatic carbocycles. The summed E-state index contributed by atoms with van der Waals surface area (Å²) in [4.78, 5) is 8.25. The number of hydrogen-bond donors (Lipinski definition) is 0. The van der Waals surface area contributed by atoms with Crippen molar-refractivity contribution in [3.8, 4) is 0 Å². The van der Waals surface area contributed by atoms with Gasteiger partial charge in [-0.2, -0.15) is 0 Å². The minimum atomic E-state index is -5.00. The molecule has 0 radical (unpaired) electrons. The van der Waals surface area contributed by atoms with E-state index in [1.54, 1.807) is 0 Å². The van der Waals surface area contributed by atoms with Crippen LogP contribution in [-0.4, -0.2) is 11.8 Å². The molecule has 0 heterocycles. The molecule has 0 fully saturated rings. The van der Waals surface area contributed by atoms with E-state index in [2.05, 4.69) is 0 Å². The Balaban J connectivity index is 0. The molecule has 0 rings (SSSR count). The van der Waals surface area contributed by atoms with Gasteiger partial charge < -0.3 is 9.90 Å². The summed E-state index contributed by atoms with van der Waals surface area (Å²) in [6, 6.07) is 0. The summed E-state index contributed by atoms with van der Waals surface area (Å²) in [6.07, 6.45) is 0. The molecule has 0 bridgehead atoms. The monoisotopic (exact) mass is 135 g/mol. The lowest BCUT2D eigenvalue weighted by Crippen LogP contribution is -2.01. The van der Waals surface area contributed by atoms with Gasteiger partial charge in [-0.15, -0.1) is 0 Å². The molecule has 0 N–H and O–H groups in total. The molecule has 0 aromatic heterocycles. The van der Waals surface area contributed by atoms with Gasteiger partial charge in [0.25, 0.3) is 0 Å². The number of rotatable bonds is 0. The first-order chi connectivity index (χ1) is 3.41. The summed E-state index contributed by atoms with van der Waals surface area (Å²) >= 11 is 0. The van der Waals surface area contributed by atoms with Gasteiger partial charge in [-0.05, 0) is 0 Å². The third-order valence-electron chi connectivity index (χ3n) is 0. The van der Waals surface area contributed by atoms with E-state index in [1.807, 2.05) is 0 Å². The zero-order chi connectivity index (χ0) is 7.21. The van der Waals surface area contributed by atoms with Gasteiger partial charge in [0.15, 0.2) is 0 Å². The zero-order valence-corrected chi connectivity index (χ0v) is 3.35. The van der Waals surface area contributed by atoms with E-state index in [-0.39, 0.29) is 0 Å². The average Bonchev–Trinajstić information content (AvgIpc) is 1.27. The van der Waals surface area contributed by atoms with E-state index < -0.39 is 11.8 Å². The minimum Gasteiger partial charge on any atom is -0.554 e. The number of carbonyl (C=O) groups is 1. The molecule has 0 amide bonds. The normalized spacial score (nSPS) is 9.00. The van der Waals surface area contributed by atoms with Crippen molar-refractivity contribution in [2.24, 2.45) is 0 Å². The second-order valence-corrected chi connectivity index (χ2v) is 0.480. The summed E-state index contributed by atoms with van der Waals surface area (Å²) < 4.78 is 38.5. The van der Waals surface area contributed by atoms with Gasteiger partial charge >= 0.3 is 5.37 Å². The Labute approximate surface area is 41.1 Å². The highest BCUT2D eigenvalue weighted by atomic mass is 19.7. The first-order valence-corrected chi connectivity index (χ1v) is 1.15. The SMILES string of the molecule is F[N+](F)(F)F.O=C[O-]. The largest absolute Gasteiger partial charge is 0.554 e. The maximum Gasteiger partial charge on any atom is 0.440 e. The van der Waals surface area contributed by atoms with E-state index in [9.17, 15) is 17.9 Å². The predicted octanol–water partition coefficient (Wildman–Crippen LogP) is -0.293. The lowest BCUT2D eigenvalue weighted by atomic mass is 11.7. The van der Waals surface area contributed by atoms with Gasteiger partial charge in [-0.25, -0.2) is 0 Å². The highest BCUT2D eigenvalue weighted by Crippen LogP contribution is 2.08. The number of carboxylic acid groups (broad SMARTS) is 1. The Kier molecular flexibility index (Phi) is 5.50. The molecule has 3 nitrogen and oxygen atoms in total. The van der Waals surface area contributed by atoms with E-state index >= 15 is 0 Å². The maximum atomic E-state index is 9.62. The van der Waals surface area contributed by atoms with Crippen molar-refractivity contribution < 1.29 is 33.2 Å². The van der Waals surface area contributed by atoms with E-state index in [0.29, 0.717) is 0 Å². The summed E-state index contributed by atoms with van der Waals surface area (Å²) in [5.74, 6) is 0. The fourth-order valence-corrected chi connectivity index (χ4v) is 0. The van der Waals surface area contributed by atoms with Crippen LogP contribution < -0.4 is 5.11 Å². The highest BCUT2D eigenvalue weighted by Gasteiger charge is 2.30. The van der Waals surface area contributed by atoms with Crippen molar-refractivity contribution >= 4 is 6.47 Å². The van der Waals surface area contributed by atoms with E-state index in [0.717, 1.165) is 0 Å². The van der Waals surface area contributed by atoms with Crippen molar-refractivity contribution in [3.63, 3.8) is 0 Å². The molecule has 0 aliphatic heterocycles. The molecule has 0 spiro atoms. The standard InChI is InChI=1S/CH2O2.F4N/c2-1-3;1-5(2,3)4/h1H,(H,2,3);/q;+1/p-1. The Morgan fingerprint density at radius 2 is 1.25 bits per heavy atom. The van der Waals surface area contributed by atoms with Crippen LogP contribution in [-0.2, 0) is 4.79 Å². The fourth-order valence-electron chi connectivity index (χ4n) is 0. The third-order valence-corrected chi connectivity index (χ3v) is 0. The van der Waals surface area contributed by atoms with E-state index in [1.165, 1.54) is 0 Å². The van der Waals surface area contributed by atoms with Crippen LogP contribution >= 0.6 is 0 Å². The molecule has 7 heteroatoms. The first kappa shape index (κ1) is 10.2. The van der Waals surface area contributed by atoms with E-state index in [4.69, 9.17) is 9.90 Å². The molecule has 0 atom stereocenters. The molecule has 50 valence electrons. The molecule has 8 heavy (non-hydrogen) atoms. The lowest BCUT2D eigenvalue weighted by molar-refractivity contribution is -1.36. The van der Waals surface area contributed by atoms with Gasteiger partial charge in [0.05, 0.1) is 0 Å². The van der Waals surface area contributed by atoms with Crippen LogP contribution in [0, 0.1) is 0 Å². The minimum absolute atomic E-state index is 0.500. The Hall–Kier alpha value is -0.850. The predicted molar refractivity (Wildman–Crippen MR) is 10.8 cm³/mol. The van der Waals surface area contributed by atoms with Gasteiger partial charge in [0, 0.05) is 6.47 Å². The molecule has 0 aromatic rings. The van der Waals surface area contributed by atoms with Crippen molar-refractivity contribution in [2.75, 3.05) is 0 Å². The van der Waals surface area contributed by atoms with Crippen LogP contribution in [0.1, 0.15) is 0 Å². The van der Waals surface area contributed by atoms with Crippen molar-refractivity contribution in [2.45, 2.75) is 0 Å². The number of nitrogens with zero attached hydrogens (tertiary/aromatic N) is 1. The smallest absolute Gasteiger partial charge is 0.440 e. The summed E-state index contributed by atoms with van der Waals surface area (Å²) in [6.45, 7) is -0.500. The lowest BCUT2D eigenvalue weighted by Gasteiger charge is -1.71. The van der Waals surface area contributed by atoms with Crippen LogP contribution in [0.3, 0.4) is 0 Å². The van der Waals surface area contributed by atoms with Crippen LogP contribution in [0.15, 0.2) is 0 Å². The van der Waals surface area contributed by atoms with Crippen molar-refractivity contribution in [1.82, 2.24) is 0 Å². The van der Waals surface area contributed by atoms with Crippen molar-refractivity contribution in [3.05, 3.63) is 0 Å². The van der Waals surface area contributed by atoms with Gasteiger partial charge in [-0.1, -0.05) is 0 Å². The Morgan fingerprint density at radius 3 is 1.25 bits per heavy atom. The zero-order valence-electron chi connectivity index (χ0n) is 3.35. The topological polar surface area (TPSA) is 40.1 Å². The quantitative estimate of drug-likeness (QED) is 0.260. The molecule has 0 aliphatic rings. The van der Waals surface area contributed by atoms with Crippen LogP contribution in [0.4, 0.5) is 17.9 Å². The van der Waals surface area contributed by atoms with Gasteiger partial charge in [-0.3, -0.25) is 0 Å². The Bertz CT molecular complexity index is 53.5. The third kappa shape index (κ3) is 123. The molecular formula is CHF4NO2. The number of halogens is 4. The molecule has 0 aliphatic carbocycles. The summed E-state index contributed by atoms with van der Waals surface area (Å²) in [7, 11) is 0. The summed E-state index contributed by atoms with van der Waals surface area (Å²) in [5.41, 5.74) is 0. The molecule has 0 saturated heterocycles. The average molecular weight is 135 g/mol. The summed E-state index contributed by atoms with van der Waals surface area (Å²) in [5, 5.41) is 3.25. The maximum absolute atomic E-state index is 9.62. The first-order valence-electron chi connectivity index (χ1n) is 1.15. The van der Waals surface area contributed by atoms with Gasteiger partial charge in [0.2, 0.25) is 0 Å². The Morgan fingerprint density at radius 1 is 1.25 bits per heavy atom.